The van der Waals surface area contributed by atoms with Gasteiger partial charge in [0.25, 0.3) is 0 Å². The zero-order valence-electron chi connectivity index (χ0n) is 11.1. The van der Waals surface area contributed by atoms with Crippen LogP contribution in [0.4, 0.5) is 0 Å². The zero-order valence-corrected chi connectivity index (χ0v) is 11.1. The van der Waals surface area contributed by atoms with Crippen LogP contribution in [0, 0.1) is 17.3 Å². The lowest BCUT2D eigenvalue weighted by Crippen LogP contribution is -2.45. The van der Waals surface area contributed by atoms with Crippen molar-refractivity contribution in [2.45, 2.75) is 45.4 Å². The highest BCUT2D eigenvalue weighted by atomic mass is 16.4. The molecule has 0 aromatic heterocycles. The van der Waals surface area contributed by atoms with Crippen molar-refractivity contribution in [1.29, 1.82) is 0 Å². The number of carboxylic acid groups (broad SMARTS) is 1. The van der Waals surface area contributed by atoms with Crippen LogP contribution in [0.1, 0.15) is 45.4 Å². The van der Waals surface area contributed by atoms with Crippen LogP contribution in [-0.2, 0) is 4.79 Å². The predicted octanol–water partition coefficient (Wildman–Crippen LogP) is 2.61. The van der Waals surface area contributed by atoms with E-state index in [0.717, 1.165) is 38.3 Å². The molecule has 0 aromatic rings. The molecule has 0 heterocycles. The van der Waals surface area contributed by atoms with Gasteiger partial charge in [-0.05, 0) is 44.6 Å². The summed E-state index contributed by atoms with van der Waals surface area (Å²) in [5.41, 5.74) is -0.471. The normalized spacial score (nSPS) is 33.9. The molecule has 0 aromatic carbocycles. The van der Waals surface area contributed by atoms with Gasteiger partial charge in [0.05, 0.1) is 5.41 Å². The molecule has 2 aliphatic carbocycles. The third-order valence-electron chi connectivity index (χ3n) is 4.38. The Labute approximate surface area is 104 Å². The Hall–Kier alpha value is -0.570. The van der Waals surface area contributed by atoms with E-state index in [9.17, 15) is 9.90 Å². The number of carboxylic acids is 1. The lowest BCUT2D eigenvalue weighted by atomic mass is 9.69. The van der Waals surface area contributed by atoms with Gasteiger partial charge in [0.2, 0.25) is 0 Å². The number of aliphatic carboxylic acids is 1. The molecule has 2 unspecified atom stereocenters. The molecule has 2 aliphatic rings. The molecule has 3 heteroatoms. The fourth-order valence-electron chi connectivity index (χ4n) is 3.39. The first-order valence-electron chi connectivity index (χ1n) is 6.94. The molecular formula is C14H25NO2. The van der Waals surface area contributed by atoms with Crippen molar-refractivity contribution in [2.75, 3.05) is 20.1 Å². The van der Waals surface area contributed by atoms with Gasteiger partial charge in [0, 0.05) is 13.1 Å². The Kier molecular flexibility index (Phi) is 3.76. The molecule has 98 valence electrons. The van der Waals surface area contributed by atoms with E-state index in [1.807, 2.05) is 0 Å². The molecule has 0 radical (unpaired) electrons. The lowest BCUT2D eigenvalue weighted by molar-refractivity contribution is -0.153. The van der Waals surface area contributed by atoms with Crippen molar-refractivity contribution in [3.8, 4) is 0 Å². The number of carbonyl (C=O) groups is 1. The molecule has 3 nitrogen and oxygen atoms in total. The highest BCUT2D eigenvalue weighted by Crippen LogP contribution is 2.40. The first kappa shape index (κ1) is 12.9. The van der Waals surface area contributed by atoms with Gasteiger partial charge in [-0.1, -0.05) is 19.8 Å². The molecule has 17 heavy (non-hydrogen) atoms. The van der Waals surface area contributed by atoms with Crippen LogP contribution >= 0.6 is 0 Å². The van der Waals surface area contributed by atoms with Gasteiger partial charge in [-0.3, -0.25) is 4.79 Å². The van der Waals surface area contributed by atoms with Gasteiger partial charge in [-0.15, -0.1) is 0 Å². The molecule has 2 saturated carbocycles. The minimum atomic E-state index is -0.577. The van der Waals surface area contributed by atoms with Crippen molar-refractivity contribution in [3.05, 3.63) is 0 Å². The molecule has 0 amide bonds. The average Bonchev–Trinajstić information content (AvgIpc) is 3.01. The molecule has 1 N–H and O–H groups in total. The van der Waals surface area contributed by atoms with E-state index in [1.54, 1.807) is 0 Å². The van der Waals surface area contributed by atoms with Crippen molar-refractivity contribution in [3.63, 3.8) is 0 Å². The second-order valence-corrected chi connectivity index (χ2v) is 6.43. The SMILES string of the molecule is CC1CCCC(CN(C)CC2CC2)(C(=O)O)C1. The number of hydrogen-bond acceptors (Lipinski definition) is 2. The van der Waals surface area contributed by atoms with E-state index in [0.29, 0.717) is 5.92 Å². The maximum absolute atomic E-state index is 11.6. The maximum Gasteiger partial charge on any atom is 0.310 e. The van der Waals surface area contributed by atoms with E-state index in [-0.39, 0.29) is 0 Å². The fourth-order valence-corrected chi connectivity index (χ4v) is 3.39. The van der Waals surface area contributed by atoms with Gasteiger partial charge < -0.3 is 10.0 Å². The van der Waals surface area contributed by atoms with Crippen molar-refractivity contribution in [2.24, 2.45) is 17.3 Å². The van der Waals surface area contributed by atoms with E-state index in [4.69, 9.17) is 0 Å². The highest BCUT2D eigenvalue weighted by molar-refractivity contribution is 5.75. The van der Waals surface area contributed by atoms with E-state index in [2.05, 4.69) is 18.9 Å². The zero-order chi connectivity index (χ0) is 12.5. The Morgan fingerprint density at radius 1 is 1.41 bits per heavy atom. The quantitative estimate of drug-likeness (QED) is 0.801. The average molecular weight is 239 g/mol. The topological polar surface area (TPSA) is 40.5 Å². The monoisotopic (exact) mass is 239 g/mol. The first-order valence-corrected chi connectivity index (χ1v) is 6.94. The predicted molar refractivity (Wildman–Crippen MR) is 67.9 cm³/mol. The Bertz CT molecular complexity index is 288. The molecule has 0 saturated heterocycles. The van der Waals surface area contributed by atoms with Gasteiger partial charge in [-0.25, -0.2) is 0 Å². The van der Waals surface area contributed by atoms with Gasteiger partial charge >= 0.3 is 5.97 Å². The van der Waals surface area contributed by atoms with Gasteiger partial charge in [0.15, 0.2) is 0 Å². The van der Waals surface area contributed by atoms with Crippen LogP contribution < -0.4 is 0 Å². The third-order valence-corrected chi connectivity index (χ3v) is 4.38. The summed E-state index contributed by atoms with van der Waals surface area (Å²) in [7, 11) is 2.09. The smallest absolute Gasteiger partial charge is 0.310 e. The van der Waals surface area contributed by atoms with Crippen molar-refractivity contribution < 1.29 is 9.90 Å². The summed E-state index contributed by atoms with van der Waals surface area (Å²) in [6.07, 6.45) is 6.66. The highest BCUT2D eigenvalue weighted by Gasteiger charge is 2.43. The van der Waals surface area contributed by atoms with Crippen LogP contribution in [0.2, 0.25) is 0 Å². The van der Waals surface area contributed by atoms with E-state index in [1.165, 1.54) is 19.3 Å². The second kappa shape index (κ2) is 4.97. The third kappa shape index (κ3) is 3.21. The summed E-state index contributed by atoms with van der Waals surface area (Å²) in [6, 6.07) is 0. The van der Waals surface area contributed by atoms with Crippen LogP contribution in [-0.4, -0.2) is 36.1 Å². The van der Waals surface area contributed by atoms with Crippen molar-refractivity contribution in [1.82, 2.24) is 4.90 Å². The number of nitrogens with zero attached hydrogens (tertiary/aromatic N) is 1. The van der Waals surface area contributed by atoms with Crippen LogP contribution in [0.5, 0.6) is 0 Å². The number of rotatable bonds is 5. The van der Waals surface area contributed by atoms with Crippen LogP contribution in [0.3, 0.4) is 0 Å². The maximum atomic E-state index is 11.6. The minimum absolute atomic E-state index is 0.471. The second-order valence-electron chi connectivity index (χ2n) is 6.43. The van der Waals surface area contributed by atoms with Gasteiger partial charge in [-0.2, -0.15) is 0 Å². The largest absolute Gasteiger partial charge is 0.481 e. The lowest BCUT2D eigenvalue weighted by Gasteiger charge is -2.39. The van der Waals surface area contributed by atoms with Crippen LogP contribution in [0.25, 0.3) is 0 Å². The molecule has 0 spiro atoms. The molecule has 0 aliphatic heterocycles. The molecule has 2 fully saturated rings. The standard InChI is InChI=1S/C14H25NO2/c1-11-4-3-7-14(8-11,13(16)17)10-15(2)9-12-5-6-12/h11-12H,3-10H2,1-2H3,(H,16,17). The fraction of sp³-hybridized carbons (Fsp3) is 0.929. The number of hydrogen-bond donors (Lipinski definition) is 1. The summed E-state index contributed by atoms with van der Waals surface area (Å²) in [6.45, 7) is 4.02. The Morgan fingerprint density at radius 3 is 2.65 bits per heavy atom. The summed E-state index contributed by atoms with van der Waals surface area (Å²) in [5, 5.41) is 9.58. The summed E-state index contributed by atoms with van der Waals surface area (Å²) < 4.78 is 0. The molecule has 2 atom stereocenters. The van der Waals surface area contributed by atoms with Crippen LogP contribution in [0.15, 0.2) is 0 Å². The summed E-state index contributed by atoms with van der Waals surface area (Å²) >= 11 is 0. The van der Waals surface area contributed by atoms with Crippen molar-refractivity contribution >= 4 is 5.97 Å². The Morgan fingerprint density at radius 2 is 2.12 bits per heavy atom. The molecule has 2 rings (SSSR count). The first-order chi connectivity index (χ1) is 8.02. The molecular weight excluding hydrogens is 214 g/mol. The summed E-state index contributed by atoms with van der Waals surface area (Å²) in [4.78, 5) is 13.9. The van der Waals surface area contributed by atoms with Gasteiger partial charge in [0.1, 0.15) is 0 Å². The molecule has 0 bridgehead atoms. The minimum Gasteiger partial charge on any atom is -0.481 e. The van der Waals surface area contributed by atoms with E-state index < -0.39 is 11.4 Å². The van der Waals surface area contributed by atoms with E-state index >= 15 is 0 Å². The summed E-state index contributed by atoms with van der Waals surface area (Å²) in [5.74, 6) is 0.827. The Balaban J connectivity index is 1.97.